The highest BCUT2D eigenvalue weighted by Gasteiger charge is 2.47. The van der Waals surface area contributed by atoms with Crippen molar-refractivity contribution in [2.24, 2.45) is 11.8 Å². The highest BCUT2D eigenvalue weighted by molar-refractivity contribution is 5.81. The minimum atomic E-state index is 0.399. The highest BCUT2D eigenvalue weighted by Crippen LogP contribution is 2.46. The van der Waals surface area contributed by atoms with Gasteiger partial charge in [-0.3, -0.25) is 4.79 Å². The number of Topliss-reactive ketones (excluding diaryl/α,β-unsaturated/α-hetero) is 1. The average molecular weight is 140 g/mol. The summed E-state index contributed by atoms with van der Waals surface area (Å²) >= 11 is 0. The van der Waals surface area contributed by atoms with E-state index in [0.29, 0.717) is 23.7 Å². The summed E-state index contributed by atoms with van der Waals surface area (Å²) in [5.74, 6) is 1.70. The van der Waals surface area contributed by atoms with Crippen LogP contribution in [-0.4, -0.2) is 19.0 Å². The van der Waals surface area contributed by atoms with Crippen molar-refractivity contribution in [1.29, 1.82) is 0 Å². The fourth-order valence-electron chi connectivity index (χ4n) is 2.20. The van der Waals surface area contributed by atoms with Crippen molar-refractivity contribution in [2.75, 3.05) is 7.11 Å². The number of ether oxygens (including phenoxy) is 1. The molecule has 1 unspecified atom stereocenters. The van der Waals surface area contributed by atoms with E-state index in [1.807, 2.05) is 0 Å². The van der Waals surface area contributed by atoms with Crippen LogP contribution in [0.3, 0.4) is 0 Å². The average Bonchev–Trinajstić information content (AvgIpc) is 2.15. The molecule has 56 valence electrons. The molecule has 0 amide bonds. The Balaban J connectivity index is 1.99. The SMILES string of the molecule is COC1C[C@@H]2CC(=O)C[C@H]12. The van der Waals surface area contributed by atoms with E-state index in [0.717, 1.165) is 19.3 Å². The monoisotopic (exact) mass is 140 g/mol. The second-order valence-corrected chi connectivity index (χ2v) is 3.38. The van der Waals surface area contributed by atoms with Gasteiger partial charge in [-0.15, -0.1) is 0 Å². The van der Waals surface area contributed by atoms with Crippen LogP contribution in [0.1, 0.15) is 19.3 Å². The molecule has 2 aliphatic rings. The molecular weight excluding hydrogens is 128 g/mol. The molecule has 0 aromatic rings. The van der Waals surface area contributed by atoms with E-state index < -0.39 is 0 Å². The highest BCUT2D eigenvalue weighted by atomic mass is 16.5. The first-order chi connectivity index (χ1) is 4.81. The number of hydrogen-bond donors (Lipinski definition) is 0. The first-order valence-electron chi connectivity index (χ1n) is 3.85. The molecule has 0 aromatic heterocycles. The predicted octanol–water partition coefficient (Wildman–Crippen LogP) is 1.00. The van der Waals surface area contributed by atoms with Gasteiger partial charge in [0.15, 0.2) is 0 Å². The minimum Gasteiger partial charge on any atom is -0.381 e. The van der Waals surface area contributed by atoms with Crippen molar-refractivity contribution < 1.29 is 9.53 Å². The molecule has 0 heterocycles. The zero-order chi connectivity index (χ0) is 7.14. The molecule has 0 spiro atoms. The van der Waals surface area contributed by atoms with Gasteiger partial charge in [0.05, 0.1) is 6.10 Å². The van der Waals surface area contributed by atoms with Gasteiger partial charge in [0.2, 0.25) is 0 Å². The molecule has 2 fully saturated rings. The lowest BCUT2D eigenvalue weighted by Crippen LogP contribution is -2.38. The third-order valence-corrected chi connectivity index (χ3v) is 2.87. The van der Waals surface area contributed by atoms with E-state index in [4.69, 9.17) is 4.74 Å². The molecular formula is C8H12O2. The lowest BCUT2D eigenvalue weighted by molar-refractivity contribution is -0.117. The van der Waals surface area contributed by atoms with Crippen LogP contribution in [0.25, 0.3) is 0 Å². The largest absolute Gasteiger partial charge is 0.381 e. The maximum atomic E-state index is 10.9. The number of hydrogen-bond acceptors (Lipinski definition) is 2. The first-order valence-corrected chi connectivity index (χ1v) is 3.85. The molecule has 2 nitrogen and oxygen atoms in total. The number of carbonyl (C=O) groups excluding carboxylic acids is 1. The molecule has 10 heavy (non-hydrogen) atoms. The lowest BCUT2D eigenvalue weighted by atomic mass is 9.73. The van der Waals surface area contributed by atoms with Gasteiger partial charge in [-0.2, -0.15) is 0 Å². The van der Waals surface area contributed by atoms with Crippen LogP contribution in [0.5, 0.6) is 0 Å². The Hall–Kier alpha value is -0.370. The van der Waals surface area contributed by atoms with Crippen LogP contribution in [-0.2, 0) is 9.53 Å². The summed E-state index contributed by atoms with van der Waals surface area (Å²) in [4.78, 5) is 10.9. The molecule has 3 atom stereocenters. The van der Waals surface area contributed by atoms with Gasteiger partial charge in [0.1, 0.15) is 5.78 Å². The molecule has 0 radical (unpaired) electrons. The van der Waals surface area contributed by atoms with Crippen LogP contribution < -0.4 is 0 Å². The number of methoxy groups -OCH3 is 1. The first kappa shape index (κ1) is 6.35. The van der Waals surface area contributed by atoms with Gasteiger partial charge in [-0.25, -0.2) is 0 Å². The molecule has 2 aliphatic carbocycles. The van der Waals surface area contributed by atoms with E-state index in [1.54, 1.807) is 7.11 Å². The van der Waals surface area contributed by atoms with Crippen molar-refractivity contribution in [3.63, 3.8) is 0 Å². The van der Waals surface area contributed by atoms with Crippen LogP contribution in [0.2, 0.25) is 0 Å². The quantitative estimate of drug-likeness (QED) is 0.543. The Morgan fingerprint density at radius 1 is 1.50 bits per heavy atom. The van der Waals surface area contributed by atoms with Crippen molar-refractivity contribution in [3.05, 3.63) is 0 Å². The Bertz CT molecular complexity index is 165. The summed E-state index contributed by atoms with van der Waals surface area (Å²) in [5, 5.41) is 0. The van der Waals surface area contributed by atoms with Gasteiger partial charge in [0, 0.05) is 20.0 Å². The summed E-state index contributed by atoms with van der Waals surface area (Å²) in [5.41, 5.74) is 0. The van der Waals surface area contributed by atoms with E-state index in [-0.39, 0.29) is 0 Å². The summed E-state index contributed by atoms with van der Waals surface area (Å²) < 4.78 is 5.20. The Morgan fingerprint density at radius 2 is 2.30 bits per heavy atom. The van der Waals surface area contributed by atoms with Crippen molar-refractivity contribution in [3.8, 4) is 0 Å². The molecule has 2 saturated carbocycles. The number of fused-ring (bicyclic) bond motifs is 1. The second kappa shape index (κ2) is 2.06. The van der Waals surface area contributed by atoms with Gasteiger partial charge in [-0.05, 0) is 18.3 Å². The van der Waals surface area contributed by atoms with Crippen LogP contribution in [0.15, 0.2) is 0 Å². The molecule has 0 N–H and O–H groups in total. The van der Waals surface area contributed by atoms with Crippen molar-refractivity contribution >= 4 is 5.78 Å². The Morgan fingerprint density at radius 3 is 2.90 bits per heavy atom. The van der Waals surface area contributed by atoms with E-state index in [9.17, 15) is 4.79 Å². The molecule has 0 bridgehead atoms. The molecule has 2 rings (SSSR count). The molecule has 0 aromatic carbocycles. The maximum absolute atomic E-state index is 10.9. The normalized spacial score (nSPS) is 44.9. The molecule has 2 heteroatoms. The minimum absolute atomic E-state index is 0.399. The van der Waals surface area contributed by atoms with Crippen molar-refractivity contribution in [1.82, 2.24) is 0 Å². The third kappa shape index (κ3) is 0.717. The predicted molar refractivity (Wildman–Crippen MR) is 36.6 cm³/mol. The topological polar surface area (TPSA) is 26.3 Å². The van der Waals surface area contributed by atoms with Crippen LogP contribution in [0, 0.1) is 11.8 Å². The van der Waals surface area contributed by atoms with Gasteiger partial charge in [-0.1, -0.05) is 0 Å². The third-order valence-electron chi connectivity index (χ3n) is 2.87. The molecule has 0 aliphatic heterocycles. The van der Waals surface area contributed by atoms with E-state index in [1.165, 1.54) is 0 Å². The van der Waals surface area contributed by atoms with Gasteiger partial charge < -0.3 is 4.74 Å². The summed E-state index contributed by atoms with van der Waals surface area (Å²) in [7, 11) is 1.74. The van der Waals surface area contributed by atoms with Crippen LogP contribution in [0.4, 0.5) is 0 Å². The van der Waals surface area contributed by atoms with E-state index >= 15 is 0 Å². The van der Waals surface area contributed by atoms with Gasteiger partial charge in [0.25, 0.3) is 0 Å². The van der Waals surface area contributed by atoms with Gasteiger partial charge >= 0.3 is 0 Å². The molecule has 0 saturated heterocycles. The Kier molecular flexibility index (Phi) is 1.31. The fraction of sp³-hybridized carbons (Fsp3) is 0.875. The maximum Gasteiger partial charge on any atom is 0.133 e. The summed E-state index contributed by atoms with van der Waals surface area (Å²) in [6.45, 7) is 0. The Labute approximate surface area is 60.6 Å². The number of ketones is 1. The van der Waals surface area contributed by atoms with E-state index in [2.05, 4.69) is 0 Å². The summed E-state index contributed by atoms with van der Waals surface area (Å²) in [6.07, 6.45) is 3.12. The number of carbonyl (C=O) groups is 1. The lowest BCUT2D eigenvalue weighted by Gasteiger charge is -2.38. The van der Waals surface area contributed by atoms with Crippen molar-refractivity contribution in [2.45, 2.75) is 25.4 Å². The zero-order valence-corrected chi connectivity index (χ0v) is 6.17. The smallest absolute Gasteiger partial charge is 0.133 e. The summed E-state index contributed by atoms with van der Waals surface area (Å²) in [6, 6.07) is 0. The zero-order valence-electron chi connectivity index (χ0n) is 6.17. The number of rotatable bonds is 1. The van der Waals surface area contributed by atoms with Crippen LogP contribution >= 0.6 is 0 Å². The second-order valence-electron chi connectivity index (χ2n) is 3.38. The standard InChI is InChI=1S/C8H12O2/c1-10-8-3-5-2-6(9)4-7(5)8/h5,7-8H,2-4H2,1H3/t5-,7-,8?/m0/s1. The fourth-order valence-corrected chi connectivity index (χ4v) is 2.20.